The number of aliphatic imine (C=N–C) groups is 1. The molecule has 2 N–H and O–H groups in total. The molecule has 3 heterocycles. The van der Waals surface area contributed by atoms with E-state index < -0.39 is 0 Å². The van der Waals surface area contributed by atoms with Crippen LogP contribution in [0.25, 0.3) is 0 Å². The largest absolute Gasteiger partial charge is 0.381 e. The highest BCUT2D eigenvalue weighted by atomic mass is 16.5. The third kappa shape index (κ3) is 3.67. The molecule has 0 radical (unpaired) electrons. The number of guanidine groups is 1. The Morgan fingerprint density at radius 2 is 1.69 bits per heavy atom. The van der Waals surface area contributed by atoms with Gasteiger partial charge in [-0.2, -0.15) is 0 Å². The van der Waals surface area contributed by atoms with E-state index in [2.05, 4.69) is 45.0 Å². The number of likely N-dealkylation sites (tertiary alicyclic amines) is 1. The minimum Gasteiger partial charge on any atom is -0.381 e. The number of anilines is 1. The van der Waals surface area contributed by atoms with Gasteiger partial charge in [-0.25, -0.2) is 0 Å². The second-order valence-corrected chi connectivity index (χ2v) is 7.66. The fourth-order valence-electron chi connectivity index (χ4n) is 4.28. The molecular weight excluding hydrogens is 326 g/mol. The van der Waals surface area contributed by atoms with Gasteiger partial charge in [0.1, 0.15) is 0 Å². The first-order valence-electron chi connectivity index (χ1n) is 9.95. The Balaban J connectivity index is 1.42. The molecule has 142 valence electrons. The smallest absolute Gasteiger partial charge is 0.191 e. The maximum Gasteiger partial charge on any atom is 0.191 e. The highest BCUT2D eigenvalue weighted by Crippen LogP contribution is 2.30. The van der Waals surface area contributed by atoms with E-state index in [1.165, 1.54) is 12.1 Å². The Hall–Kier alpha value is -1.79. The van der Waals surface area contributed by atoms with E-state index >= 15 is 0 Å². The van der Waals surface area contributed by atoms with Gasteiger partial charge in [0.05, 0.1) is 6.54 Å². The zero-order chi connectivity index (χ0) is 17.8. The van der Waals surface area contributed by atoms with E-state index in [1.54, 1.807) is 0 Å². The Morgan fingerprint density at radius 3 is 2.31 bits per heavy atom. The van der Waals surface area contributed by atoms with Crippen molar-refractivity contribution in [2.75, 3.05) is 63.9 Å². The van der Waals surface area contributed by atoms with Crippen LogP contribution in [0.5, 0.6) is 0 Å². The summed E-state index contributed by atoms with van der Waals surface area (Å²) in [5.41, 5.74) is 7.64. The molecule has 6 nitrogen and oxygen atoms in total. The van der Waals surface area contributed by atoms with Crippen molar-refractivity contribution in [3.8, 4) is 0 Å². The van der Waals surface area contributed by atoms with Crippen LogP contribution in [0.2, 0.25) is 0 Å². The molecule has 4 rings (SSSR count). The average molecular weight is 358 g/mol. The average Bonchev–Trinajstić information content (AvgIpc) is 2.67. The van der Waals surface area contributed by atoms with Gasteiger partial charge in [0, 0.05) is 63.7 Å². The minimum atomic E-state index is 0.108. The van der Waals surface area contributed by atoms with Gasteiger partial charge in [-0.3, -0.25) is 9.89 Å². The normalized spacial score (nSPS) is 24.4. The predicted octanol–water partition coefficient (Wildman–Crippen LogP) is 1.38. The van der Waals surface area contributed by atoms with E-state index in [4.69, 9.17) is 15.5 Å². The number of para-hydroxylation sites is 1. The predicted molar refractivity (Wildman–Crippen MR) is 106 cm³/mol. The van der Waals surface area contributed by atoms with E-state index in [0.717, 1.165) is 77.8 Å². The molecule has 0 unspecified atom stereocenters. The molecule has 3 aliphatic heterocycles. The first-order chi connectivity index (χ1) is 12.8. The summed E-state index contributed by atoms with van der Waals surface area (Å²) < 4.78 is 5.67. The molecule has 3 saturated heterocycles. The van der Waals surface area contributed by atoms with E-state index in [-0.39, 0.29) is 5.54 Å². The van der Waals surface area contributed by atoms with Crippen molar-refractivity contribution in [3.63, 3.8) is 0 Å². The number of benzene rings is 1. The van der Waals surface area contributed by atoms with Crippen LogP contribution in [0.4, 0.5) is 5.69 Å². The first kappa shape index (κ1) is 17.6. The van der Waals surface area contributed by atoms with Gasteiger partial charge in [0.15, 0.2) is 5.96 Å². The van der Waals surface area contributed by atoms with Gasteiger partial charge in [0.2, 0.25) is 0 Å². The zero-order valence-corrected chi connectivity index (χ0v) is 15.6. The van der Waals surface area contributed by atoms with Crippen LogP contribution in [0, 0.1) is 0 Å². The lowest BCUT2D eigenvalue weighted by Gasteiger charge is -2.49. The summed E-state index contributed by atoms with van der Waals surface area (Å²) in [6.45, 7) is 8.86. The second-order valence-electron chi connectivity index (χ2n) is 7.66. The maximum atomic E-state index is 6.20. The quantitative estimate of drug-likeness (QED) is 0.652. The van der Waals surface area contributed by atoms with Gasteiger partial charge in [-0.05, 0) is 31.4 Å². The molecule has 0 spiro atoms. The fourth-order valence-corrected chi connectivity index (χ4v) is 4.28. The van der Waals surface area contributed by atoms with Crippen LogP contribution < -0.4 is 10.6 Å². The number of nitrogens with zero attached hydrogens (tertiary/aromatic N) is 4. The summed E-state index contributed by atoms with van der Waals surface area (Å²) in [6, 6.07) is 10.7. The van der Waals surface area contributed by atoms with E-state index in [9.17, 15) is 0 Å². The molecule has 0 aliphatic carbocycles. The summed E-state index contributed by atoms with van der Waals surface area (Å²) >= 11 is 0. The molecule has 0 amide bonds. The lowest BCUT2D eigenvalue weighted by atomic mass is 9.87. The highest BCUT2D eigenvalue weighted by Gasteiger charge is 2.40. The summed E-state index contributed by atoms with van der Waals surface area (Å²) in [6.07, 6.45) is 3.33. The van der Waals surface area contributed by atoms with Crippen molar-refractivity contribution in [1.82, 2.24) is 9.80 Å². The Bertz CT molecular complexity index is 602. The van der Waals surface area contributed by atoms with Crippen molar-refractivity contribution in [2.45, 2.75) is 24.8 Å². The summed E-state index contributed by atoms with van der Waals surface area (Å²) in [4.78, 5) is 12.1. The second kappa shape index (κ2) is 7.84. The van der Waals surface area contributed by atoms with Gasteiger partial charge < -0.3 is 20.3 Å². The first-order valence-corrected chi connectivity index (χ1v) is 9.95. The standard InChI is InChI=1S/C20H31N5O/c21-19(24-9-4-10-24)22-17-20(7-15-26-16-8-20)25-13-11-23(12-14-25)18-5-2-1-3-6-18/h1-3,5-6H,4,7-17H2,(H2,21,22). The topological polar surface area (TPSA) is 57.3 Å². The molecule has 3 aliphatic rings. The van der Waals surface area contributed by atoms with Crippen molar-refractivity contribution in [3.05, 3.63) is 30.3 Å². The van der Waals surface area contributed by atoms with Gasteiger partial charge in [-0.1, -0.05) is 18.2 Å². The summed E-state index contributed by atoms with van der Waals surface area (Å²) in [5, 5.41) is 0. The summed E-state index contributed by atoms with van der Waals surface area (Å²) in [5.74, 6) is 0.727. The third-order valence-electron chi connectivity index (χ3n) is 6.21. The molecule has 3 fully saturated rings. The van der Waals surface area contributed by atoms with Crippen LogP contribution in [0.15, 0.2) is 35.3 Å². The number of hydrogen-bond donors (Lipinski definition) is 1. The number of hydrogen-bond acceptors (Lipinski definition) is 4. The third-order valence-corrected chi connectivity index (χ3v) is 6.21. The van der Waals surface area contributed by atoms with Gasteiger partial charge in [-0.15, -0.1) is 0 Å². The molecule has 0 atom stereocenters. The van der Waals surface area contributed by atoms with E-state index in [0.29, 0.717) is 0 Å². The minimum absolute atomic E-state index is 0.108. The van der Waals surface area contributed by atoms with Crippen LogP contribution in [0.3, 0.4) is 0 Å². The van der Waals surface area contributed by atoms with Crippen molar-refractivity contribution < 1.29 is 4.74 Å². The molecular formula is C20H31N5O. The number of piperazine rings is 1. The van der Waals surface area contributed by atoms with Crippen molar-refractivity contribution in [2.24, 2.45) is 10.7 Å². The Morgan fingerprint density at radius 1 is 1.00 bits per heavy atom. The van der Waals surface area contributed by atoms with Crippen LogP contribution in [-0.2, 0) is 4.74 Å². The lowest BCUT2D eigenvalue weighted by Crippen LogP contribution is -2.61. The molecule has 1 aromatic rings. The molecule has 0 saturated carbocycles. The fraction of sp³-hybridized carbons (Fsp3) is 0.650. The van der Waals surface area contributed by atoms with Crippen LogP contribution in [-0.4, -0.2) is 80.3 Å². The van der Waals surface area contributed by atoms with Gasteiger partial charge in [0.25, 0.3) is 0 Å². The van der Waals surface area contributed by atoms with E-state index in [1.807, 2.05) is 0 Å². The molecule has 6 heteroatoms. The molecule has 0 bridgehead atoms. The number of nitrogens with two attached hydrogens (primary N) is 1. The Labute approximate surface area is 156 Å². The van der Waals surface area contributed by atoms with Crippen LogP contribution >= 0.6 is 0 Å². The number of ether oxygens (including phenoxy) is 1. The lowest BCUT2D eigenvalue weighted by molar-refractivity contribution is -0.0261. The molecule has 26 heavy (non-hydrogen) atoms. The molecule has 1 aromatic carbocycles. The SMILES string of the molecule is NC(=NCC1(N2CCN(c3ccccc3)CC2)CCOCC1)N1CCC1. The maximum absolute atomic E-state index is 6.20. The summed E-state index contributed by atoms with van der Waals surface area (Å²) in [7, 11) is 0. The molecule has 0 aromatic heterocycles. The zero-order valence-electron chi connectivity index (χ0n) is 15.6. The van der Waals surface area contributed by atoms with Crippen LogP contribution in [0.1, 0.15) is 19.3 Å². The Kier molecular flexibility index (Phi) is 5.31. The van der Waals surface area contributed by atoms with Gasteiger partial charge >= 0.3 is 0 Å². The number of rotatable bonds is 4. The highest BCUT2D eigenvalue weighted by molar-refractivity contribution is 5.78. The van der Waals surface area contributed by atoms with Crippen molar-refractivity contribution in [1.29, 1.82) is 0 Å². The van der Waals surface area contributed by atoms with Crippen molar-refractivity contribution >= 4 is 11.6 Å². The monoisotopic (exact) mass is 357 g/mol.